The van der Waals surface area contributed by atoms with Crippen molar-refractivity contribution in [2.75, 3.05) is 26.2 Å². The summed E-state index contributed by atoms with van der Waals surface area (Å²) in [5.41, 5.74) is -0.215. The van der Waals surface area contributed by atoms with Crippen LogP contribution in [0.25, 0.3) is 0 Å². The molecule has 1 aromatic rings. The normalized spacial score (nSPS) is 29.7. The van der Waals surface area contributed by atoms with Crippen molar-refractivity contribution in [2.24, 2.45) is 11.8 Å². The average Bonchev–Trinajstić information content (AvgIpc) is 3.52. The van der Waals surface area contributed by atoms with Crippen molar-refractivity contribution in [3.8, 4) is 0 Å². The Bertz CT molecular complexity index is 1080. The second kappa shape index (κ2) is 12.4. The number of aliphatic hydroxyl groups is 1. The molecule has 3 unspecified atom stereocenters. The molecule has 9 heteroatoms. The van der Waals surface area contributed by atoms with Crippen molar-refractivity contribution in [1.29, 1.82) is 0 Å². The second-order valence-electron chi connectivity index (χ2n) is 10.7. The van der Waals surface area contributed by atoms with E-state index in [0.29, 0.717) is 32.5 Å². The number of benzene rings is 1. The minimum Gasteiger partial charge on any atom is -0.394 e. The van der Waals surface area contributed by atoms with E-state index in [0.717, 1.165) is 12.0 Å². The predicted octanol–water partition coefficient (Wildman–Crippen LogP) is 3.14. The lowest BCUT2D eigenvalue weighted by Crippen LogP contribution is -2.58. The van der Waals surface area contributed by atoms with Gasteiger partial charge >= 0.3 is 0 Å². The van der Waals surface area contributed by atoms with Crippen LogP contribution in [-0.4, -0.2) is 92.4 Å². The van der Waals surface area contributed by atoms with Crippen LogP contribution in [0, 0.1) is 11.8 Å². The molecule has 39 heavy (non-hydrogen) atoms. The highest BCUT2D eigenvalue weighted by Crippen LogP contribution is 2.61. The molecule has 3 saturated heterocycles. The number of carbonyl (C=O) groups is 3. The monoisotopic (exact) mass is 601 g/mol. The molecule has 1 aromatic carbocycles. The first-order valence-electron chi connectivity index (χ1n) is 13.9. The number of likely N-dealkylation sites (tertiary alicyclic amines) is 1. The zero-order valence-electron chi connectivity index (χ0n) is 22.9. The first-order chi connectivity index (χ1) is 18.8. The number of hydrogen-bond acceptors (Lipinski definition) is 5. The summed E-state index contributed by atoms with van der Waals surface area (Å²) in [6, 6.07) is 8.13. The van der Waals surface area contributed by atoms with Gasteiger partial charge in [-0.25, -0.2) is 0 Å². The molecule has 212 valence electrons. The van der Waals surface area contributed by atoms with Crippen LogP contribution in [0.15, 0.2) is 55.6 Å². The van der Waals surface area contributed by atoms with E-state index < -0.39 is 35.6 Å². The summed E-state index contributed by atoms with van der Waals surface area (Å²) in [6.07, 6.45) is 4.50. The minimum absolute atomic E-state index is 0.150. The molecule has 3 aliphatic heterocycles. The van der Waals surface area contributed by atoms with Crippen molar-refractivity contribution in [2.45, 2.75) is 68.3 Å². The van der Waals surface area contributed by atoms with E-state index in [1.54, 1.807) is 22.0 Å². The Morgan fingerprint density at radius 1 is 1.18 bits per heavy atom. The van der Waals surface area contributed by atoms with Crippen LogP contribution < -0.4 is 0 Å². The molecule has 2 bridgehead atoms. The Kier molecular flexibility index (Phi) is 9.34. The van der Waals surface area contributed by atoms with E-state index >= 15 is 0 Å². The van der Waals surface area contributed by atoms with Crippen LogP contribution in [0.3, 0.4) is 0 Å². The second-order valence-corrected chi connectivity index (χ2v) is 11.9. The van der Waals surface area contributed by atoms with Gasteiger partial charge in [-0.15, -0.1) is 13.2 Å². The van der Waals surface area contributed by atoms with Gasteiger partial charge in [0.1, 0.15) is 11.6 Å². The van der Waals surface area contributed by atoms with Crippen molar-refractivity contribution in [3.05, 3.63) is 61.2 Å². The third-order valence-corrected chi connectivity index (χ3v) is 9.20. The summed E-state index contributed by atoms with van der Waals surface area (Å²) in [5, 5.41) is 10.3. The molecule has 3 fully saturated rings. The Labute approximate surface area is 239 Å². The van der Waals surface area contributed by atoms with Gasteiger partial charge in [0, 0.05) is 31.0 Å². The molecule has 0 aliphatic carbocycles. The minimum atomic E-state index is -1.17. The van der Waals surface area contributed by atoms with Gasteiger partial charge in [-0.2, -0.15) is 0 Å². The molecular weight excluding hydrogens is 562 g/mol. The number of nitrogens with zero attached hydrogens (tertiary/aromatic N) is 3. The van der Waals surface area contributed by atoms with Crippen molar-refractivity contribution >= 4 is 33.7 Å². The smallest absolute Gasteiger partial charge is 0.249 e. The Morgan fingerprint density at radius 2 is 1.85 bits per heavy atom. The van der Waals surface area contributed by atoms with Crippen LogP contribution in [-0.2, 0) is 25.7 Å². The largest absolute Gasteiger partial charge is 0.394 e. The molecule has 7 atom stereocenters. The first kappa shape index (κ1) is 29.5. The number of fused-ring (bicyclic) bond motifs is 1. The third kappa shape index (κ3) is 5.09. The summed E-state index contributed by atoms with van der Waals surface area (Å²) in [6.45, 7) is 12.8. The lowest BCUT2D eigenvalue weighted by atomic mass is 9.70. The van der Waals surface area contributed by atoms with Crippen LogP contribution >= 0.6 is 15.9 Å². The van der Waals surface area contributed by atoms with Gasteiger partial charge in [0.25, 0.3) is 0 Å². The first-order valence-corrected chi connectivity index (χ1v) is 14.8. The zero-order chi connectivity index (χ0) is 28.3. The lowest BCUT2D eigenvalue weighted by Gasteiger charge is -2.39. The fourth-order valence-corrected chi connectivity index (χ4v) is 7.67. The van der Waals surface area contributed by atoms with Gasteiger partial charge in [0.15, 0.2) is 0 Å². The van der Waals surface area contributed by atoms with E-state index in [2.05, 4.69) is 29.1 Å². The van der Waals surface area contributed by atoms with Crippen molar-refractivity contribution in [3.63, 3.8) is 0 Å². The fourth-order valence-electron chi connectivity index (χ4n) is 6.73. The van der Waals surface area contributed by atoms with E-state index in [9.17, 15) is 19.5 Å². The number of hydrogen-bond donors (Lipinski definition) is 1. The number of halogens is 1. The number of amides is 3. The number of rotatable bonds is 13. The molecule has 1 N–H and O–H groups in total. The Morgan fingerprint density at radius 3 is 2.44 bits per heavy atom. The SMILES string of the molecule is C=CCN(Cc1ccccc1)C(=O)C1N([C@@H](CC)CO)C(=O)[C@@H]2[C@@H](C(=O)N(CC=C)CCC)[C@@H]3OC12CC3Br. The van der Waals surface area contributed by atoms with Crippen molar-refractivity contribution in [1.82, 2.24) is 14.7 Å². The third-order valence-electron chi connectivity index (χ3n) is 8.35. The van der Waals surface area contributed by atoms with E-state index in [1.807, 2.05) is 44.2 Å². The maximum Gasteiger partial charge on any atom is 0.249 e. The van der Waals surface area contributed by atoms with Crippen LogP contribution in [0.5, 0.6) is 0 Å². The molecule has 3 aliphatic rings. The summed E-state index contributed by atoms with van der Waals surface area (Å²) < 4.78 is 6.65. The molecular formula is C30H40BrN3O5. The molecule has 3 heterocycles. The summed E-state index contributed by atoms with van der Waals surface area (Å²) in [5.74, 6) is -2.22. The average molecular weight is 603 g/mol. The standard InChI is InChI=1S/C30H40BrN3O5/c1-5-14-32(15-6-2)27(36)23-24-28(37)34(21(8-4)19-35)26(30(24)17-22(31)25(23)39-30)29(38)33(16-7-3)18-20-12-10-9-11-13-20/h5,7,9-13,21-26,35H,1,3,6,8,14-19H2,2,4H3/t21-,22?,23+,24-,25+,26?,30?/m0/s1. The van der Waals surface area contributed by atoms with Gasteiger partial charge in [0.2, 0.25) is 17.7 Å². The highest BCUT2D eigenvalue weighted by Gasteiger charge is 2.77. The molecule has 3 amide bonds. The predicted molar refractivity (Wildman–Crippen MR) is 153 cm³/mol. The van der Waals surface area contributed by atoms with Gasteiger partial charge in [-0.3, -0.25) is 14.4 Å². The van der Waals surface area contributed by atoms with Crippen LogP contribution in [0.2, 0.25) is 0 Å². The number of aliphatic hydroxyl groups excluding tert-OH is 1. The zero-order valence-corrected chi connectivity index (χ0v) is 24.5. The number of ether oxygens (including phenoxy) is 1. The maximum absolute atomic E-state index is 14.5. The van der Waals surface area contributed by atoms with E-state index in [4.69, 9.17) is 4.74 Å². The molecule has 8 nitrogen and oxygen atoms in total. The van der Waals surface area contributed by atoms with Gasteiger partial charge < -0.3 is 24.5 Å². The van der Waals surface area contributed by atoms with E-state index in [1.165, 1.54) is 4.90 Å². The van der Waals surface area contributed by atoms with Gasteiger partial charge in [0.05, 0.1) is 30.6 Å². The van der Waals surface area contributed by atoms with Gasteiger partial charge in [-0.1, -0.05) is 72.3 Å². The molecule has 4 rings (SSSR count). The van der Waals surface area contributed by atoms with Crippen LogP contribution in [0.4, 0.5) is 0 Å². The number of carbonyl (C=O) groups excluding carboxylic acids is 3. The summed E-state index contributed by atoms with van der Waals surface area (Å²) >= 11 is 3.74. The molecule has 0 radical (unpaired) electrons. The van der Waals surface area contributed by atoms with E-state index in [-0.39, 0.29) is 35.7 Å². The molecule has 1 spiro atoms. The Hall–Kier alpha value is -2.49. The van der Waals surface area contributed by atoms with Crippen molar-refractivity contribution < 1.29 is 24.2 Å². The lowest BCUT2D eigenvalue weighted by molar-refractivity contribution is -0.152. The maximum atomic E-state index is 14.5. The molecule has 0 aromatic heterocycles. The topological polar surface area (TPSA) is 90.4 Å². The van der Waals surface area contributed by atoms with Gasteiger partial charge in [-0.05, 0) is 24.8 Å². The highest BCUT2D eigenvalue weighted by atomic mass is 79.9. The summed E-state index contributed by atoms with van der Waals surface area (Å²) in [7, 11) is 0. The Balaban J connectivity index is 1.78. The summed E-state index contributed by atoms with van der Waals surface area (Å²) in [4.78, 5) is 47.5. The highest BCUT2D eigenvalue weighted by molar-refractivity contribution is 9.09. The quantitative estimate of drug-likeness (QED) is 0.277. The molecule has 0 saturated carbocycles. The number of alkyl halides is 1. The fraction of sp³-hybridized carbons (Fsp3) is 0.567. The van der Waals surface area contributed by atoms with Crippen LogP contribution in [0.1, 0.15) is 38.7 Å².